The van der Waals surface area contributed by atoms with Crippen LogP contribution in [0, 0.1) is 0 Å². The average molecular weight is 366 g/mol. The maximum Gasteiger partial charge on any atom is 0.194 e. The summed E-state index contributed by atoms with van der Waals surface area (Å²) in [5, 5.41) is 22.2. The van der Waals surface area contributed by atoms with Gasteiger partial charge in [-0.25, -0.2) is 0 Å². The van der Waals surface area contributed by atoms with E-state index in [2.05, 4.69) is 0 Å². The molecular weight excluding hydrogens is 348 g/mol. The number of benzene rings is 2. The zero-order valence-corrected chi connectivity index (χ0v) is 15.0. The number of Topliss-reactive ketones (excluding diaryl/α,β-unsaturated/α-hetero) is 3. The molecule has 2 aromatic carbocycles. The third-order valence-corrected chi connectivity index (χ3v) is 5.63. The number of fused-ring (bicyclic) bond motifs is 2. The number of carbonyl (C=O) groups excluding carboxylic acids is 3. The Labute approximate surface area is 155 Å². The van der Waals surface area contributed by atoms with Crippen LogP contribution < -0.4 is 4.74 Å². The van der Waals surface area contributed by atoms with Crippen molar-refractivity contribution in [3.63, 3.8) is 0 Å². The Kier molecular flexibility index (Phi) is 3.71. The van der Waals surface area contributed by atoms with Crippen molar-refractivity contribution in [1.82, 2.24) is 0 Å². The second-order valence-electron chi connectivity index (χ2n) is 7.08. The molecule has 0 saturated carbocycles. The molecule has 0 bridgehead atoms. The molecule has 0 aromatic heterocycles. The maximum absolute atomic E-state index is 13.1. The van der Waals surface area contributed by atoms with Gasteiger partial charge in [0.2, 0.25) is 0 Å². The number of phenols is 1. The Morgan fingerprint density at radius 2 is 1.89 bits per heavy atom. The van der Waals surface area contributed by atoms with Gasteiger partial charge in [0.25, 0.3) is 0 Å². The minimum Gasteiger partial charge on any atom is -0.506 e. The highest BCUT2D eigenvalue weighted by atomic mass is 16.5. The van der Waals surface area contributed by atoms with Crippen LogP contribution in [0.3, 0.4) is 0 Å². The Morgan fingerprint density at radius 3 is 2.56 bits per heavy atom. The second kappa shape index (κ2) is 5.76. The summed E-state index contributed by atoms with van der Waals surface area (Å²) in [6, 6.07) is 6.60. The first-order valence-corrected chi connectivity index (χ1v) is 8.66. The summed E-state index contributed by atoms with van der Waals surface area (Å²) in [7, 11) is 1.49. The molecule has 0 spiro atoms. The summed E-state index contributed by atoms with van der Waals surface area (Å²) < 4.78 is 5.31. The van der Waals surface area contributed by atoms with Gasteiger partial charge in [0, 0.05) is 33.9 Å². The van der Waals surface area contributed by atoms with E-state index in [9.17, 15) is 24.6 Å². The molecule has 27 heavy (non-hydrogen) atoms. The van der Waals surface area contributed by atoms with Crippen molar-refractivity contribution in [3.05, 3.63) is 46.5 Å². The third-order valence-electron chi connectivity index (χ3n) is 5.63. The normalized spacial score (nSPS) is 21.9. The highest BCUT2D eigenvalue weighted by Crippen LogP contribution is 2.45. The highest BCUT2D eigenvalue weighted by Gasteiger charge is 2.45. The fraction of sp³-hybridized carbons (Fsp3) is 0.286. The first-order valence-electron chi connectivity index (χ1n) is 8.66. The van der Waals surface area contributed by atoms with Crippen LogP contribution in [0.25, 0.3) is 10.8 Å². The van der Waals surface area contributed by atoms with Crippen LogP contribution in [0.1, 0.15) is 46.9 Å². The lowest BCUT2D eigenvalue weighted by molar-refractivity contribution is -0.135. The number of rotatable bonds is 2. The molecule has 1 atom stereocenters. The van der Waals surface area contributed by atoms with Gasteiger partial charge in [0.1, 0.15) is 17.1 Å². The number of aromatic hydroxyl groups is 1. The van der Waals surface area contributed by atoms with E-state index < -0.39 is 17.2 Å². The highest BCUT2D eigenvalue weighted by molar-refractivity contribution is 6.30. The number of methoxy groups -OCH3 is 1. The predicted molar refractivity (Wildman–Crippen MR) is 97.3 cm³/mol. The monoisotopic (exact) mass is 366 g/mol. The largest absolute Gasteiger partial charge is 0.506 e. The number of allylic oxidation sites excluding steroid dienone is 1. The van der Waals surface area contributed by atoms with E-state index in [1.807, 2.05) is 0 Å². The average Bonchev–Trinajstić information content (AvgIpc) is 2.65. The van der Waals surface area contributed by atoms with Crippen molar-refractivity contribution in [2.24, 2.45) is 0 Å². The number of aliphatic hydroxyl groups is 1. The molecule has 6 nitrogen and oxygen atoms in total. The van der Waals surface area contributed by atoms with Crippen molar-refractivity contribution >= 4 is 28.1 Å². The topological polar surface area (TPSA) is 101 Å². The van der Waals surface area contributed by atoms with Crippen molar-refractivity contribution in [1.29, 1.82) is 0 Å². The van der Waals surface area contributed by atoms with E-state index in [1.54, 1.807) is 24.3 Å². The molecule has 2 aliphatic carbocycles. The molecule has 0 heterocycles. The lowest BCUT2D eigenvalue weighted by Gasteiger charge is -2.34. The molecular formula is C21H18O6. The zero-order valence-electron chi connectivity index (χ0n) is 15.0. The van der Waals surface area contributed by atoms with Crippen LogP contribution in [0.15, 0.2) is 35.4 Å². The van der Waals surface area contributed by atoms with Crippen molar-refractivity contribution < 1.29 is 29.3 Å². The summed E-state index contributed by atoms with van der Waals surface area (Å²) in [6.45, 7) is 1.27. The Hall–Kier alpha value is -2.99. The summed E-state index contributed by atoms with van der Waals surface area (Å²) >= 11 is 0. The van der Waals surface area contributed by atoms with E-state index in [4.69, 9.17) is 4.74 Å². The Morgan fingerprint density at radius 1 is 1.15 bits per heavy atom. The van der Waals surface area contributed by atoms with Crippen LogP contribution in [0.2, 0.25) is 0 Å². The predicted octanol–water partition coefficient (Wildman–Crippen LogP) is 2.73. The van der Waals surface area contributed by atoms with Crippen LogP contribution in [0.5, 0.6) is 11.5 Å². The van der Waals surface area contributed by atoms with Gasteiger partial charge in [-0.1, -0.05) is 12.1 Å². The van der Waals surface area contributed by atoms with Gasteiger partial charge in [0.05, 0.1) is 12.7 Å². The fourth-order valence-corrected chi connectivity index (χ4v) is 4.02. The number of hydrogen-bond donors (Lipinski definition) is 2. The first kappa shape index (κ1) is 17.4. The summed E-state index contributed by atoms with van der Waals surface area (Å²) in [6.07, 6.45) is 0.0236. The molecule has 2 N–H and O–H groups in total. The van der Waals surface area contributed by atoms with E-state index in [-0.39, 0.29) is 47.5 Å². The van der Waals surface area contributed by atoms with E-state index in [0.717, 1.165) is 0 Å². The number of ether oxygens (including phenoxy) is 1. The van der Waals surface area contributed by atoms with Gasteiger partial charge >= 0.3 is 0 Å². The summed E-state index contributed by atoms with van der Waals surface area (Å²) in [5.74, 6) is -1.11. The lowest BCUT2D eigenvalue weighted by atomic mass is 9.70. The van der Waals surface area contributed by atoms with E-state index in [0.29, 0.717) is 22.1 Å². The van der Waals surface area contributed by atoms with Gasteiger partial charge in [-0.15, -0.1) is 0 Å². The SMILES string of the molecule is COc1cccc2c(O)c3c(cc12)C(=O)C1=C(C[C@@](O)(C(C)=O)CC1)C3=O. The van der Waals surface area contributed by atoms with Gasteiger partial charge in [-0.3, -0.25) is 14.4 Å². The van der Waals surface area contributed by atoms with Gasteiger partial charge in [0.15, 0.2) is 17.3 Å². The third kappa shape index (κ3) is 2.33. The number of ketones is 3. The van der Waals surface area contributed by atoms with Gasteiger partial charge in [-0.05, 0) is 31.9 Å². The molecule has 0 radical (unpaired) electrons. The van der Waals surface area contributed by atoms with Gasteiger partial charge < -0.3 is 14.9 Å². The molecule has 4 rings (SSSR count). The van der Waals surface area contributed by atoms with Crippen LogP contribution in [-0.2, 0) is 4.79 Å². The molecule has 0 aliphatic heterocycles. The van der Waals surface area contributed by atoms with Gasteiger partial charge in [-0.2, -0.15) is 0 Å². The molecule has 0 fully saturated rings. The summed E-state index contributed by atoms with van der Waals surface area (Å²) in [5.41, 5.74) is -1.17. The molecule has 138 valence electrons. The van der Waals surface area contributed by atoms with Crippen LogP contribution in [0.4, 0.5) is 0 Å². The smallest absolute Gasteiger partial charge is 0.194 e. The standard InChI is InChI=1S/C21H18O6/c1-10(22)21(26)7-6-12-15(9-21)20(25)17-14(18(12)23)8-13-11(19(17)24)4-3-5-16(13)27-2/h3-5,8,24,26H,6-7,9H2,1-2H3/t21-/m1/s1. The number of hydrogen-bond acceptors (Lipinski definition) is 6. The lowest BCUT2D eigenvalue weighted by Crippen LogP contribution is -2.42. The second-order valence-corrected chi connectivity index (χ2v) is 7.08. The molecule has 0 unspecified atom stereocenters. The number of phenolic OH excluding ortho intramolecular Hbond substituents is 1. The first-order chi connectivity index (χ1) is 12.8. The van der Waals surface area contributed by atoms with Crippen LogP contribution in [-0.4, -0.2) is 40.3 Å². The molecule has 0 amide bonds. The summed E-state index contributed by atoms with van der Waals surface area (Å²) in [4.78, 5) is 38.0. The quantitative estimate of drug-likeness (QED) is 0.848. The van der Waals surface area contributed by atoms with Crippen molar-refractivity contribution in [2.45, 2.75) is 31.8 Å². The molecule has 2 aliphatic rings. The minimum absolute atomic E-state index is 0.0766. The van der Waals surface area contributed by atoms with E-state index in [1.165, 1.54) is 14.0 Å². The maximum atomic E-state index is 13.1. The van der Waals surface area contributed by atoms with Crippen molar-refractivity contribution in [2.75, 3.05) is 7.11 Å². The fourth-order valence-electron chi connectivity index (χ4n) is 4.02. The molecule has 2 aromatic rings. The Balaban J connectivity index is 1.96. The number of carbonyl (C=O) groups is 3. The molecule has 6 heteroatoms. The van der Waals surface area contributed by atoms with E-state index >= 15 is 0 Å². The van der Waals surface area contributed by atoms with Crippen LogP contribution >= 0.6 is 0 Å². The molecule has 0 saturated heterocycles. The van der Waals surface area contributed by atoms with Crippen molar-refractivity contribution in [3.8, 4) is 11.5 Å². The minimum atomic E-state index is -1.65. The Bertz CT molecular complexity index is 1080. The zero-order chi connectivity index (χ0) is 19.5.